The molecule has 0 unspecified atom stereocenters. The van der Waals surface area contributed by atoms with Crippen LogP contribution in [0.4, 0.5) is 0 Å². The molecule has 1 aliphatic heterocycles. The van der Waals surface area contributed by atoms with Crippen molar-refractivity contribution < 1.29 is 19.4 Å². The Bertz CT molecular complexity index is 518. The van der Waals surface area contributed by atoms with Gasteiger partial charge < -0.3 is 15.2 Å². The van der Waals surface area contributed by atoms with Gasteiger partial charge in [-0.3, -0.25) is 4.79 Å². The van der Waals surface area contributed by atoms with Gasteiger partial charge in [-0.2, -0.15) is 0 Å². The number of hydrogen-bond acceptors (Lipinski definition) is 5. The molecule has 0 aliphatic carbocycles. The number of aliphatic carboxylic acids is 1. The van der Waals surface area contributed by atoms with Crippen LogP contribution in [0.25, 0.3) is 0 Å². The van der Waals surface area contributed by atoms with Crippen LogP contribution in [-0.4, -0.2) is 45.7 Å². The highest BCUT2D eigenvalue weighted by Crippen LogP contribution is 2.15. The maximum absolute atomic E-state index is 12.1. The largest absolute Gasteiger partial charge is 0.479 e. The van der Waals surface area contributed by atoms with Gasteiger partial charge in [-0.05, 0) is 20.3 Å². The second-order valence-corrected chi connectivity index (χ2v) is 4.41. The molecule has 1 aliphatic rings. The summed E-state index contributed by atoms with van der Waals surface area (Å²) in [4.78, 5) is 31.1. The number of aromatic nitrogens is 2. The summed E-state index contributed by atoms with van der Waals surface area (Å²) in [7, 11) is 0. The van der Waals surface area contributed by atoms with Crippen molar-refractivity contribution in [2.75, 3.05) is 6.61 Å². The Morgan fingerprint density at radius 2 is 2.21 bits per heavy atom. The molecule has 7 nitrogen and oxygen atoms in total. The molecule has 0 aromatic carbocycles. The maximum atomic E-state index is 12.1. The van der Waals surface area contributed by atoms with Gasteiger partial charge in [-0.25, -0.2) is 14.8 Å². The Hall–Kier alpha value is -2.02. The van der Waals surface area contributed by atoms with Gasteiger partial charge in [0.15, 0.2) is 6.10 Å². The van der Waals surface area contributed by atoms with Gasteiger partial charge in [-0.1, -0.05) is 0 Å². The lowest BCUT2D eigenvalue weighted by Crippen LogP contribution is -2.44. The summed E-state index contributed by atoms with van der Waals surface area (Å²) < 4.78 is 5.07. The van der Waals surface area contributed by atoms with Gasteiger partial charge in [-0.15, -0.1) is 0 Å². The lowest BCUT2D eigenvalue weighted by Gasteiger charge is -2.16. The number of aryl methyl sites for hydroxylation is 2. The van der Waals surface area contributed by atoms with Crippen molar-refractivity contribution in [1.29, 1.82) is 0 Å². The fourth-order valence-corrected chi connectivity index (χ4v) is 2.03. The number of hydrogen-bond donors (Lipinski definition) is 2. The zero-order valence-corrected chi connectivity index (χ0v) is 10.7. The molecule has 19 heavy (non-hydrogen) atoms. The average molecular weight is 265 g/mol. The van der Waals surface area contributed by atoms with Crippen molar-refractivity contribution in [3.8, 4) is 0 Å². The van der Waals surface area contributed by atoms with E-state index in [9.17, 15) is 9.59 Å². The summed E-state index contributed by atoms with van der Waals surface area (Å²) >= 11 is 0. The van der Waals surface area contributed by atoms with E-state index in [1.165, 1.54) is 6.20 Å². The van der Waals surface area contributed by atoms with Gasteiger partial charge in [0.2, 0.25) is 0 Å². The molecule has 0 radical (unpaired) electrons. The van der Waals surface area contributed by atoms with Crippen LogP contribution in [0.15, 0.2) is 6.20 Å². The predicted molar refractivity (Wildman–Crippen MR) is 64.8 cm³/mol. The van der Waals surface area contributed by atoms with E-state index < -0.39 is 18.1 Å². The quantitative estimate of drug-likeness (QED) is 0.801. The molecule has 1 saturated heterocycles. The van der Waals surface area contributed by atoms with Gasteiger partial charge in [0, 0.05) is 12.8 Å². The van der Waals surface area contributed by atoms with E-state index in [4.69, 9.17) is 9.84 Å². The molecule has 1 aromatic rings. The Balaban J connectivity index is 2.10. The van der Waals surface area contributed by atoms with E-state index in [2.05, 4.69) is 15.3 Å². The molecular formula is C12H15N3O4. The molecule has 1 amide bonds. The standard InChI is InChI=1S/C12H15N3O4/c1-6-8(5-13-7(2)14-6)11(16)15-9-3-4-19-10(9)12(17)18/h5,9-10H,3-4H2,1-2H3,(H,15,16)(H,17,18)/t9-,10+/m1/s1. The highest BCUT2D eigenvalue weighted by molar-refractivity contribution is 5.95. The predicted octanol–water partition coefficient (Wildman–Crippen LogP) is 0.0653. The summed E-state index contributed by atoms with van der Waals surface area (Å²) in [5, 5.41) is 11.6. The smallest absolute Gasteiger partial charge is 0.334 e. The lowest BCUT2D eigenvalue weighted by atomic mass is 10.1. The van der Waals surface area contributed by atoms with E-state index in [0.29, 0.717) is 30.1 Å². The first-order valence-electron chi connectivity index (χ1n) is 5.94. The van der Waals surface area contributed by atoms with Crippen LogP contribution in [0, 0.1) is 13.8 Å². The Kier molecular flexibility index (Phi) is 3.75. The fourth-order valence-electron chi connectivity index (χ4n) is 2.03. The number of carboxylic acid groups (broad SMARTS) is 1. The second kappa shape index (κ2) is 5.31. The molecule has 1 aromatic heterocycles. The van der Waals surface area contributed by atoms with Crippen LogP contribution in [-0.2, 0) is 9.53 Å². The highest BCUT2D eigenvalue weighted by Gasteiger charge is 2.35. The van der Waals surface area contributed by atoms with Crippen LogP contribution in [0.5, 0.6) is 0 Å². The Morgan fingerprint density at radius 3 is 2.84 bits per heavy atom. The van der Waals surface area contributed by atoms with Crippen molar-refractivity contribution in [1.82, 2.24) is 15.3 Å². The molecule has 2 atom stereocenters. The van der Waals surface area contributed by atoms with Gasteiger partial charge in [0.05, 0.1) is 17.3 Å². The van der Waals surface area contributed by atoms with Crippen LogP contribution >= 0.6 is 0 Å². The summed E-state index contributed by atoms with van der Waals surface area (Å²) in [5.41, 5.74) is 0.914. The normalized spacial score (nSPS) is 22.2. The zero-order chi connectivity index (χ0) is 14.0. The maximum Gasteiger partial charge on any atom is 0.334 e. The van der Waals surface area contributed by atoms with Crippen molar-refractivity contribution in [3.63, 3.8) is 0 Å². The first-order valence-corrected chi connectivity index (χ1v) is 5.94. The molecule has 0 spiro atoms. The minimum absolute atomic E-state index is 0.325. The summed E-state index contributed by atoms with van der Waals surface area (Å²) in [6, 6.07) is -0.522. The number of nitrogens with one attached hydrogen (secondary N) is 1. The minimum atomic E-state index is -1.07. The highest BCUT2D eigenvalue weighted by atomic mass is 16.5. The molecule has 2 rings (SSSR count). The molecular weight excluding hydrogens is 250 g/mol. The van der Waals surface area contributed by atoms with Crippen molar-refractivity contribution in [2.24, 2.45) is 0 Å². The number of nitrogens with zero attached hydrogens (tertiary/aromatic N) is 2. The zero-order valence-electron chi connectivity index (χ0n) is 10.7. The van der Waals surface area contributed by atoms with Gasteiger partial charge in [0.1, 0.15) is 5.82 Å². The van der Waals surface area contributed by atoms with Crippen LogP contribution in [0.3, 0.4) is 0 Å². The molecule has 2 N–H and O–H groups in total. The third-order valence-electron chi connectivity index (χ3n) is 3.00. The van der Waals surface area contributed by atoms with E-state index in [1.54, 1.807) is 13.8 Å². The average Bonchev–Trinajstić information content (AvgIpc) is 2.76. The lowest BCUT2D eigenvalue weighted by molar-refractivity contribution is -0.148. The van der Waals surface area contributed by atoms with Gasteiger partial charge >= 0.3 is 5.97 Å². The SMILES string of the molecule is Cc1ncc(C(=O)N[C@@H]2CCO[C@@H]2C(=O)O)c(C)n1. The number of carboxylic acids is 1. The first kappa shape index (κ1) is 13.4. The van der Waals surface area contributed by atoms with E-state index in [1.807, 2.05) is 0 Å². The second-order valence-electron chi connectivity index (χ2n) is 4.41. The van der Waals surface area contributed by atoms with Crippen molar-refractivity contribution in [2.45, 2.75) is 32.4 Å². The molecule has 102 valence electrons. The minimum Gasteiger partial charge on any atom is -0.479 e. The number of ether oxygens (including phenoxy) is 1. The number of carbonyl (C=O) groups excluding carboxylic acids is 1. The van der Waals surface area contributed by atoms with Crippen LogP contribution in [0.1, 0.15) is 28.3 Å². The first-order chi connectivity index (χ1) is 8.99. The topological polar surface area (TPSA) is 101 Å². The Labute approximate surface area is 110 Å². The molecule has 1 fully saturated rings. The molecule has 7 heteroatoms. The third-order valence-corrected chi connectivity index (χ3v) is 3.00. The molecule has 0 saturated carbocycles. The third kappa shape index (κ3) is 2.87. The summed E-state index contributed by atoms with van der Waals surface area (Å²) in [6.07, 6.45) is 0.934. The number of amides is 1. The fraction of sp³-hybridized carbons (Fsp3) is 0.500. The van der Waals surface area contributed by atoms with Crippen molar-refractivity contribution in [3.05, 3.63) is 23.3 Å². The van der Waals surface area contributed by atoms with E-state index >= 15 is 0 Å². The monoisotopic (exact) mass is 265 g/mol. The van der Waals surface area contributed by atoms with E-state index in [0.717, 1.165) is 0 Å². The summed E-state index contributed by atoms with van der Waals surface area (Å²) in [5.74, 6) is -0.861. The van der Waals surface area contributed by atoms with Crippen LogP contribution in [0.2, 0.25) is 0 Å². The summed E-state index contributed by atoms with van der Waals surface area (Å²) in [6.45, 7) is 3.77. The number of rotatable bonds is 3. The van der Waals surface area contributed by atoms with Gasteiger partial charge in [0.25, 0.3) is 5.91 Å². The molecule has 0 bridgehead atoms. The number of carbonyl (C=O) groups is 2. The van der Waals surface area contributed by atoms with E-state index in [-0.39, 0.29) is 5.91 Å². The van der Waals surface area contributed by atoms with Crippen LogP contribution < -0.4 is 5.32 Å². The molecule has 2 heterocycles. The van der Waals surface area contributed by atoms with Crippen molar-refractivity contribution >= 4 is 11.9 Å². The Morgan fingerprint density at radius 1 is 1.47 bits per heavy atom.